The molecule has 0 saturated heterocycles. The molecule has 1 N–H and O–H groups in total. The minimum absolute atomic E-state index is 0.639. The molecular weight excluding hydrogens is 248 g/mol. The van der Waals surface area contributed by atoms with Gasteiger partial charge >= 0.3 is 6.34 Å². The van der Waals surface area contributed by atoms with E-state index in [0.29, 0.717) is 0 Å². The summed E-state index contributed by atoms with van der Waals surface area (Å²) in [5.41, 5.74) is 9.56. The Morgan fingerprint density at radius 1 is 1.45 bits per heavy atom. The molecular formula is C16H17N4+. The maximum Gasteiger partial charge on any atom is 0.370 e. The third-order valence-corrected chi connectivity index (χ3v) is 3.27. The van der Waals surface area contributed by atoms with Crippen LogP contribution in [0.25, 0.3) is 0 Å². The van der Waals surface area contributed by atoms with Crippen LogP contribution in [0.1, 0.15) is 31.4 Å². The fraction of sp³-hybridized carbons (Fsp3) is 0.375. The number of hydrogen-bond acceptors (Lipinski definition) is 2. The Kier molecular flexibility index (Phi) is 3.89. The molecule has 1 aromatic rings. The average Bonchev–Trinajstić information content (AvgIpc) is 2.46. The monoisotopic (exact) mass is 265 g/mol. The highest BCUT2D eigenvalue weighted by Gasteiger charge is 2.23. The molecule has 0 bridgehead atoms. The van der Waals surface area contributed by atoms with Gasteiger partial charge in [0.05, 0.1) is 12.6 Å². The number of nitrogens with zero attached hydrogens (tertiary/aromatic N) is 3. The van der Waals surface area contributed by atoms with Gasteiger partial charge in [-0.3, -0.25) is 0 Å². The van der Waals surface area contributed by atoms with Crippen molar-refractivity contribution in [3.8, 4) is 17.9 Å². The third kappa shape index (κ3) is 2.88. The summed E-state index contributed by atoms with van der Waals surface area (Å²) < 4.78 is 0. The third-order valence-electron chi connectivity index (χ3n) is 3.27. The molecule has 4 heteroatoms. The predicted molar refractivity (Wildman–Crippen MR) is 77.4 cm³/mol. The Labute approximate surface area is 119 Å². The van der Waals surface area contributed by atoms with Crippen LogP contribution in [0.5, 0.6) is 0 Å². The van der Waals surface area contributed by atoms with Crippen LogP contribution in [0.4, 0.5) is 5.69 Å². The van der Waals surface area contributed by atoms with Crippen LogP contribution in [-0.2, 0) is 6.42 Å². The Balaban J connectivity index is 2.46. The topological polar surface area (TPSA) is 65.0 Å². The number of benzene rings is 1. The van der Waals surface area contributed by atoms with Gasteiger partial charge < -0.3 is 0 Å². The number of hydrogen-bond donors (Lipinski definition) is 1. The summed E-state index contributed by atoms with van der Waals surface area (Å²) >= 11 is 0. The van der Waals surface area contributed by atoms with Crippen molar-refractivity contribution in [1.29, 1.82) is 10.8 Å². The highest BCUT2D eigenvalue weighted by Crippen LogP contribution is 2.28. The second-order valence-electron chi connectivity index (χ2n) is 5.33. The standard InChI is InChI=1S/C16H17N4/c1-16(2,11-17)9-8-13-5-3-7-15-14(13)6-4-10-20(15)12-19-18/h3,5,7,12,18H,4,6,10H2,1-2H3/q+1. The molecule has 20 heavy (non-hydrogen) atoms. The van der Waals surface area contributed by atoms with Gasteiger partial charge in [0.15, 0.2) is 0 Å². The van der Waals surface area contributed by atoms with E-state index in [2.05, 4.69) is 22.7 Å². The van der Waals surface area contributed by atoms with Crippen LogP contribution in [0.3, 0.4) is 0 Å². The largest absolute Gasteiger partial charge is 0.370 e. The van der Waals surface area contributed by atoms with Crippen LogP contribution in [0.2, 0.25) is 0 Å². The molecule has 0 spiro atoms. The summed E-state index contributed by atoms with van der Waals surface area (Å²) in [6.07, 6.45) is 3.52. The lowest BCUT2D eigenvalue weighted by molar-refractivity contribution is -0.114. The van der Waals surface area contributed by atoms with Crippen LogP contribution in [-0.4, -0.2) is 17.7 Å². The molecule has 2 rings (SSSR count). The van der Waals surface area contributed by atoms with Crippen LogP contribution >= 0.6 is 0 Å². The van der Waals surface area contributed by atoms with E-state index in [4.69, 9.17) is 10.8 Å². The Morgan fingerprint density at radius 2 is 2.25 bits per heavy atom. The van der Waals surface area contributed by atoms with Gasteiger partial charge in [-0.25, -0.2) is 4.90 Å². The first-order chi connectivity index (χ1) is 9.57. The Morgan fingerprint density at radius 3 is 2.95 bits per heavy atom. The molecule has 0 radical (unpaired) electrons. The van der Waals surface area contributed by atoms with E-state index in [0.717, 1.165) is 30.6 Å². The zero-order valence-electron chi connectivity index (χ0n) is 11.8. The number of nitrogens with one attached hydrogen (secondary N) is 1. The van der Waals surface area contributed by atoms with Crippen molar-refractivity contribution < 1.29 is 4.79 Å². The molecule has 1 heterocycles. The van der Waals surface area contributed by atoms with E-state index in [1.807, 2.05) is 36.9 Å². The number of rotatable bonds is 1. The second-order valence-corrected chi connectivity index (χ2v) is 5.33. The summed E-state index contributed by atoms with van der Waals surface area (Å²) in [5, 5.41) is 9.02. The summed E-state index contributed by atoms with van der Waals surface area (Å²) in [6.45, 7) is 4.50. The maximum absolute atomic E-state index is 9.02. The fourth-order valence-corrected chi connectivity index (χ4v) is 2.21. The van der Waals surface area contributed by atoms with Crippen molar-refractivity contribution >= 4 is 12.0 Å². The van der Waals surface area contributed by atoms with Crippen LogP contribution in [0, 0.1) is 34.1 Å². The zero-order chi connectivity index (χ0) is 14.6. The summed E-state index contributed by atoms with van der Waals surface area (Å²) in [7, 11) is 0. The lowest BCUT2D eigenvalue weighted by Crippen LogP contribution is -2.28. The van der Waals surface area contributed by atoms with Gasteiger partial charge in [-0.15, -0.1) is 0 Å². The molecule has 100 valence electrons. The zero-order valence-corrected chi connectivity index (χ0v) is 11.8. The minimum Gasteiger partial charge on any atom is -0.218 e. The lowest BCUT2D eigenvalue weighted by Gasteiger charge is -2.21. The molecule has 1 aliphatic heterocycles. The highest BCUT2D eigenvalue weighted by molar-refractivity contribution is 5.79. The summed E-state index contributed by atoms with van der Waals surface area (Å²) in [5.74, 6) is 6.16. The maximum atomic E-state index is 9.02. The molecule has 0 amide bonds. The first-order valence-corrected chi connectivity index (χ1v) is 6.60. The van der Waals surface area contributed by atoms with Crippen molar-refractivity contribution in [2.45, 2.75) is 26.7 Å². The van der Waals surface area contributed by atoms with Crippen molar-refractivity contribution in [1.82, 2.24) is 0 Å². The molecule has 1 aromatic carbocycles. The van der Waals surface area contributed by atoms with E-state index in [-0.39, 0.29) is 0 Å². The molecule has 0 fully saturated rings. The van der Waals surface area contributed by atoms with Gasteiger partial charge in [-0.05, 0) is 44.4 Å². The van der Waals surface area contributed by atoms with Gasteiger partial charge in [0.25, 0.3) is 0 Å². The van der Waals surface area contributed by atoms with Crippen molar-refractivity contribution in [2.75, 3.05) is 11.4 Å². The SMILES string of the molecule is CC(C)(C#N)C#Cc1cccc2c1CCCN2C=[N+]=N. The molecule has 0 saturated carbocycles. The predicted octanol–water partition coefficient (Wildman–Crippen LogP) is 2.61. The second kappa shape index (κ2) is 5.61. The Hall–Kier alpha value is -2.55. The average molecular weight is 265 g/mol. The smallest absolute Gasteiger partial charge is 0.218 e. The van der Waals surface area contributed by atoms with E-state index < -0.39 is 5.41 Å². The van der Waals surface area contributed by atoms with E-state index in [1.165, 1.54) is 11.9 Å². The van der Waals surface area contributed by atoms with Crippen molar-refractivity contribution in [3.63, 3.8) is 0 Å². The lowest BCUT2D eigenvalue weighted by atomic mass is 9.93. The van der Waals surface area contributed by atoms with Gasteiger partial charge in [-0.2, -0.15) is 5.26 Å². The first kappa shape index (κ1) is 13.9. The van der Waals surface area contributed by atoms with Crippen molar-refractivity contribution in [3.05, 3.63) is 29.3 Å². The molecule has 0 aromatic heterocycles. The van der Waals surface area contributed by atoms with Gasteiger partial charge in [0.2, 0.25) is 0 Å². The highest BCUT2D eigenvalue weighted by atomic mass is 15.2. The molecule has 0 atom stereocenters. The fourth-order valence-electron chi connectivity index (χ4n) is 2.21. The van der Waals surface area contributed by atoms with Gasteiger partial charge in [-0.1, -0.05) is 22.7 Å². The van der Waals surface area contributed by atoms with E-state index >= 15 is 0 Å². The Bertz CT molecular complexity index is 664. The number of anilines is 1. The van der Waals surface area contributed by atoms with Crippen LogP contribution in [0.15, 0.2) is 18.2 Å². The molecule has 0 unspecified atom stereocenters. The quantitative estimate of drug-likeness (QED) is 0.279. The number of fused-ring (bicyclic) bond motifs is 1. The van der Waals surface area contributed by atoms with Crippen molar-refractivity contribution in [2.24, 2.45) is 5.41 Å². The summed E-state index contributed by atoms with van der Waals surface area (Å²) in [4.78, 5) is 5.34. The minimum atomic E-state index is -0.639. The van der Waals surface area contributed by atoms with Crippen LogP contribution < -0.4 is 4.90 Å². The van der Waals surface area contributed by atoms with E-state index in [9.17, 15) is 0 Å². The first-order valence-electron chi connectivity index (χ1n) is 6.60. The molecule has 4 nitrogen and oxygen atoms in total. The molecule has 0 aliphatic carbocycles. The van der Waals surface area contributed by atoms with E-state index in [1.54, 1.807) is 0 Å². The van der Waals surface area contributed by atoms with Gasteiger partial charge in [0, 0.05) is 11.1 Å². The molecule has 1 aliphatic rings. The summed E-state index contributed by atoms with van der Waals surface area (Å²) in [6, 6.07) is 8.16. The number of nitriles is 1. The normalized spacial score (nSPS) is 13.3. The van der Waals surface area contributed by atoms with Gasteiger partial charge in [0.1, 0.15) is 11.1 Å².